The number of hydrogen-bond acceptors (Lipinski definition) is 4. The Kier molecular flexibility index (Phi) is 4.91. The van der Waals surface area contributed by atoms with Gasteiger partial charge in [0.05, 0.1) is 0 Å². The standard InChI is InChI=1S/C17H24N2OS/c18-9-16(19-15-7-3-1-5-12(15)10-20)14-11-21-17-8-4-2-6-13(14)17/h2,4,6,8,11-12,15-16,19-20H,1,3,5,7,9-10,18H2. The van der Waals surface area contributed by atoms with E-state index in [1.807, 2.05) is 0 Å². The summed E-state index contributed by atoms with van der Waals surface area (Å²) >= 11 is 1.78. The highest BCUT2D eigenvalue weighted by Gasteiger charge is 2.27. The topological polar surface area (TPSA) is 58.3 Å². The van der Waals surface area contributed by atoms with Crippen molar-refractivity contribution in [2.45, 2.75) is 37.8 Å². The first-order valence-corrected chi connectivity index (χ1v) is 8.74. The molecule has 0 bridgehead atoms. The van der Waals surface area contributed by atoms with Crippen molar-refractivity contribution in [2.75, 3.05) is 13.2 Å². The van der Waals surface area contributed by atoms with Crippen LogP contribution in [0.3, 0.4) is 0 Å². The summed E-state index contributed by atoms with van der Waals surface area (Å²) in [5.41, 5.74) is 7.34. The van der Waals surface area contributed by atoms with Crippen molar-refractivity contribution in [3.05, 3.63) is 35.2 Å². The lowest BCUT2D eigenvalue weighted by Gasteiger charge is -2.34. The van der Waals surface area contributed by atoms with Gasteiger partial charge < -0.3 is 16.2 Å². The molecule has 1 fully saturated rings. The molecular formula is C17H24N2OS. The van der Waals surface area contributed by atoms with Crippen molar-refractivity contribution in [1.29, 1.82) is 0 Å². The van der Waals surface area contributed by atoms with Crippen LogP contribution < -0.4 is 11.1 Å². The van der Waals surface area contributed by atoms with Crippen molar-refractivity contribution in [2.24, 2.45) is 11.7 Å². The second-order valence-corrected chi connectivity index (χ2v) is 6.89. The zero-order valence-corrected chi connectivity index (χ0v) is 13.1. The van der Waals surface area contributed by atoms with Gasteiger partial charge in [0.25, 0.3) is 0 Å². The molecule has 2 aromatic rings. The predicted octanol–water partition coefficient (Wildman–Crippen LogP) is 3.04. The Morgan fingerprint density at radius 3 is 2.90 bits per heavy atom. The predicted molar refractivity (Wildman–Crippen MR) is 89.6 cm³/mol. The third-order valence-corrected chi connectivity index (χ3v) is 5.66. The van der Waals surface area contributed by atoms with E-state index in [1.54, 1.807) is 11.3 Å². The monoisotopic (exact) mass is 304 g/mol. The molecule has 1 aromatic heterocycles. The van der Waals surface area contributed by atoms with Gasteiger partial charge >= 0.3 is 0 Å². The molecule has 0 amide bonds. The average Bonchev–Trinajstić information content (AvgIpc) is 2.97. The SMILES string of the molecule is NCC(NC1CCCCC1CO)c1csc2ccccc12. The molecule has 1 aromatic carbocycles. The Morgan fingerprint density at radius 2 is 2.10 bits per heavy atom. The van der Waals surface area contributed by atoms with E-state index in [4.69, 9.17) is 5.73 Å². The lowest BCUT2D eigenvalue weighted by molar-refractivity contribution is 0.146. The van der Waals surface area contributed by atoms with Crippen LogP contribution in [-0.4, -0.2) is 24.3 Å². The molecule has 4 heteroatoms. The lowest BCUT2D eigenvalue weighted by atomic mass is 9.84. The van der Waals surface area contributed by atoms with Crippen molar-refractivity contribution in [1.82, 2.24) is 5.32 Å². The first-order valence-electron chi connectivity index (χ1n) is 7.86. The van der Waals surface area contributed by atoms with Crippen LogP contribution in [-0.2, 0) is 0 Å². The van der Waals surface area contributed by atoms with Gasteiger partial charge in [0.15, 0.2) is 0 Å². The summed E-state index contributed by atoms with van der Waals surface area (Å²) in [5, 5.41) is 16.8. The molecule has 4 N–H and O–H groups in total. The highest BCUT2D eigenvalue weighted by Crippen LogP contribution is 2.32. The summed E-state index contributed by atoms with van der Waals surface area (Å²) in [7, 11) is 0. The minimum atomic E-state index is 0.179. The number of nitrogens with two attached hydrogens (primary N) is 1. The quantitative estimate of drug-likeness (QED) is 0.796. The summed E-state index contributed by atoms with van der Waals surface area (Å²) < 4.78 is 1.31. The molecule has 1 aliphatic rings. The van der Waals surface area contributed by atoms with Gasteiger partial charge in [-0.25, -0.2) is 0 Å². The van der Waals surface area contributed by atoms with Gasteiger partial charge in [0, 0.05) is 29.9 Å². The number of hydrogen-bond donors (Lipinski definition) is 3. The summed E-state index contributed by atoms with van der Waals surface area (Å²) in [4.78, 5) is 0. The lowest BCUT2D eigenvalue weighted by Crippen LogP contribution is -2.44. The second-order valence-electron chi connectivity index (χ2n) is 5.98. The van der Waals surface area contributed by atoms with Crippen LogP contribution in [0, 0.1) is 5.92 Å². The third-order valence-electron chi connectivity index (χ3n) is 4.68. The van der Waals surface area contributed by atoms with Gasteiger partial charge in [0.2, 0.25) is 0 Å². The smallest absolute Gasteiger partial charge is 0.0474 e. The van der Waals surface area contributed by atoms with Crippen LogP contribution in [0.15, 0.2) is 29.6 Å². The number of nitrogens with one attached hydrogen (secondary N) is 1. The van der Waals surface area contributed by atoms with E-state index < -0.39 is 0 Å². The highest BCUT2D eigenvalue weighted by atomic mass is 32.1. The zero-order chi connectivity index (χ0) is 14.7. The van der Waals surface area contributed by atoms with E-state index in [0.717, 1.165) is 12.8 Å². The summed E-state index contributed by atoms with van der Waals surface area (Å²) in [6.45, 7) is 0.870. The van der Waals surface area contributed by atoms with Gasteiger partial charge in [0.1, 0.15) is 0 Å². The van der Waals surface area contributed by atoms with E-state index in [0.29, 0.717) is 18.5 Å². The van der Waals surface area contributed by atoms with Gasteiger partial charge in [-0.3, -0.25) is 0 Å². The molecule has 3 unspecified atom stereocenters. The Bertz CT molecular complexity index is 583. The molecule has 1 heterocycles. The Balaban J connectivity index is 1.81. The average molecular weight is 304 g/mol. The molecule has 114 valence electrons. The molecule has 0 saturated heterocycles. The fourth-order valence-corrected chi connectivity index (χ4v) is 4.47. The van der Waals surface area contributed by atoms with Crippen LogP contribution in [0.4, 0.5) is 0 Å². The van der Waals surface area contributed by atoms with E-state index in [2.05, 4.69) is 35.0 Å². The molecule has 21 heavy (non-hydrogen) atoms. The maximum Gasteiger partial charge on any atom is 0.0474 e. The van der Waals surface area contributed by atoms with Gasteiger partial charge in [-0.15, -0.1) is 11.3 Å². The zero-order valence-electron chi connectivity index (χ0n) is 12.3. The van der Waals surface area contributed by atoms with E-state index in [1.165, 1.54) is 28.5 Å². The molecule has 1 aliphatic carbocycles. The summed E-state index contributed by atoms with van der Waals surface area (Å²) in [6, 6.07) is 9.07. The van der Waals surface area contributed by atoms with Crippen LogP contribution in [0.1, 0.15) is 37.3 Å². The number of thiophene rings is 1. The number of benzene rings is 1. The first-order chi connectivity index (χ1) is 10.3. The van der Waals surface area contributed by atoms with Gasteiger partial charge in [-0.1, -0.05) is 31.0 Å². The maximum atomic E-state index is 9.58. The minimum absolute atomic E-state index is 0.179. The molecule has 3 atom stereocenters. The van der Waals surface area contributed by atoms with Crippen LogP contribution >= 0.6 is 11.3 Å². The minimum Gasteiger partial charge on any atom is -0.396 e. The Morgan fingerprint density at radius 1 is 1.29 bits per heavy atom. The summed E-state index contributed by atoms with van der Waals surface area (Å²) in [6.07, 6.45) is 4.74. The van der Waals surface area contributed by atoms with Crippen molar-refractivity contribution < 1.29 is 5.11 Å². The number of aliphatic hydroxyl groups is 1. The first kappa shape index (κ1) is 15.0. The Hall–Kier alpha value is -0.940. The highest BCUT2D eigenvalue weighted by molar-refractivity contribution is 7.17. The summed E-state index contributed by atoms with van der Waals surface area (Å²) in [5.74, 6) is 0.373. The molecule has 0 aliphatic heterocycles. The normalized spacial score (nSPS) is 24.3. The van der Waals surface area contributed by atoms with Crippen molar-refractivity contribution in [3.63, 3.8) is 0 Å². The molecule has 0 spiro atoms. The van der Waals surface area contributed by atoms with E-state index in [-0.39, 0.29) is 12.6 Å². The van der Waals surface area contributed by atoms with Crippen LogP contribution in [0.5, 0.6) is 0 Å². The molecule has 3 nitrogen and oxygen atoms in total. The number of rotatable bonds is 5. The van der Waals surface area contributed by atoms with Crippen molar-refractivity contribution >= 4 is 21.4 Å². The molecular weight excluding hydrogens is 280 g/mol. The fourth-order valence-electron chi connectivity index (χ4n) is 3.46. The van der Waals surface area contributed by atoms with E-state index in [9.17, 15) is 5.11 Å². The van der Waals surface area contributed by atoms with Gasteiger partial charge in [-0.2, -0.15) is 0 Å². The second kappa shape index (κ2) is 6.88. The molecule has 3 rings (SSSR count). The van der Waals surface area contributed by atoms with Crippen molar-refractivity contribution in [3.8, 4) is 0 Å². The Labute approximate surface area is 130 Å². The fraction of sp³-hybridized carbons (Fsp3) is 0.529. The third kappa shape index (κ3) is 3.14. The largest absolute Gasteiger partial charge is 0.396 e. The van der Waals surface area contributed by atoms with Crippen LogP contribution in [0.2, 0.25) is 0 Å². The number of aliphatic hydroxyl groups excluding tert-OH is 1. The van der Waals surface area contributed by atoms with E-state index >= 15 is 0 Å². The molecule has 0 radical (unpaired) electrons. The maximum absolute atomic E-state index is 9.58. The van der Waals surface area contributed by atoms with Crippen LogP contribution in [0.25, 0.3) is 10.1 Å². The molecule has 1 saturated carbocycles. The number of fused-ring (bicyclic) bond motifs is 1. The van der Waals surface area contributed by atoms with Gasteiger partial charge in [-0.05, 0) is 41.2 Å².